The smallest absolute Gasteiger partial charge is 0.258 e. The zero-order valence-electron chi connectivity index (χ0n) is 14.3. The van der Waals surface area contributed by atoms with E-state index in [0.717, 1.165) is 25.7 Å². The Bertz CT molecular complexity index is 358. The molecule has 3 amide bonds. The molecule has 0 bridgehead atoms. The lowest BCUT2D eigenvalue weighted by atomic mass is 10.2. The Morgan fingerprint density at radius 1 is 1.27 bits per heavy atom. The highest BCUT2D eigenvalue weighted by molar-refractivity contribution is 6.04. The molecule has 1 atom stereocenters. The quantitative estimate of drug-likeness (QED) is 0.521. The predicted octanol–water partition coefficient (Wildman–Crippen LogP) is 1.87. The first kappa shape index (κ1) is 20.6. The van der Waals surface area contributed by atoms with Gasteiger partial charge in [0.15, 0.2) is 0 Å². The minimum absolute atomic E-state index is 0.0198. The van der Waals surface area contributed by atoms with Crippen LogP contribution in [0.15, 0.2) is 0 Å². The second-order valence-corrected chi connectivity index (χ2v) is 4.93. The van der Waals surface area contributed by atoms with Gasteiger partial charge in [-0.15, -0.1) is 0 Å². The average molecular weight is 314 g/mol. The first-order valence-electron chi connectivity index (χ1n) is 8.26. The van der Waals surface area contributed by atoms with Gasteiger partial charge in [-0.1, -0.05) is 27.2 Å². The van der Waals surface area contributed by atoms with E-state index in [4.69, 9.17) is 4.74 Å². The Hall–Kier alpha value is -1.43. The summed E-state index contributed by atoms with van der Waals surface area (Å²) in [5, 5.41) is 2.56. The summed E-state index contributed by atoms with van der Waals surface area (Å²) in [6.45, 7) is 6.90. The van der Waals surface area contributed by atoms with Gasteiger partial charge in [-0.2, -0.15) is 0 Å². The molecule has 1 saturated heterocycles. The number of unbranched alkanes of at least 4 members (excludes halogenated alkanes) is 2. The fourth-order valence-electron chi connectivity index (χ4n) is 2.14. The average Bonchev–Trinajstić information content (AvgIpc) is 2.81. The SMILES string of the molecule is CC.CCCOC1CC(=O)N(CCCCCC(=O)NC)C1=O. The van der Waals surface area contributed by atoms with Crippen molar-refractivity contribution in [1.82, 2.24) is 10.2 Å². The highest BCUT2D eigenvalue weighted by Crippen LogP contribution is 2.17. The van der Waals surface area contributed by atoms with Crippen LogP contribution in [-0.2, 0) is 19.1 Å². The number of amides is 3. The summed E-state index contributed by atoms with van der Waals surface area (Å²) in [5.41, 5.74) is 0. The zero-order chi connectivity index (χ0) is 17.0. The fourth-order valence-corrected chi connectivity index (χ4v) is 2.14. The number of carbonyl (C=O) groups is 3. The lowest BCUT2D eigenvalue weighted by molar-refractivity contribution is -0.142. The van der Waals surface area contributed by atoms with Crippen LogP contribution in [0.1, 0.15) is 59.3 Å². The first-order valence-corrected chi connectivity index (χ1v) is 8.26. The molecule has 6 heteroatoms. The van der Waals surface area contributed by atoms with Crippen molar-refractivity contribution < 1.29 is 19.1 Å². The zero-order valence-corrected chi connectivity index (χ0v) is 14.3. The number of ether oxygens (including phenoxy) is 1. The van der Waals surface area contributed by atoms with Crippen LogP contribution in [0.4, 0.5) is 0 Å². The van der Waals surface area contributed by atoms with Crippen LogP contribution in [0.2, 0.25) is 0 Å². The molecule has 1 fully saturated rings. The maximum atomic E-state index is 12.0. The number of carbonyl (C=O) groups excluding carboxylic acids is 3. The molecule has 128 valence electrons. The molecule has 22 heavy (non-hydrogen) atoms. The Labute approximate surface area is 133 Å². The minimum atomic E-state index is -0.590. The van der Waals surface area contributed by atoms with Gasteiger partial charge < -0.3 is 10.1 Å². The minimum Gasteiger partial charge on any atom is -0.368 e. The van der Waals surface area contributed by atoms with Crippen molar-refractivity contribution in [1.29, 1.82) is 0 Å². The van der Waals surface area contributed by atoms with Gasteiger partial charge in [-0.3, -0.25) is 19.3 Å². The Morgan fingerprint density at radius 2 is 1.95 bits per heavy atom. The van der Waals surface area contributed by atoms with E-state index < -0.39 is 6.10 Å². The summed E-state index contributed by atoms with van der Waals surface area (Å²) >= 11 is 0. The molecule has 6 nitrogen and oxygen atoms in total. The Kier molecular flexibility index (Phi) is 11.4. The predicted molar refractivity (Wildman–Crippen MR) is 85.3 cm³/mol. The van der Waals surface area contributed by atoms with E-state index in [1.165, 1.54) is 4.90 Å². The van der Waals surface area contributed by atoms with Gasteiger partial charge in [0, 0.05) is 26.6 Å². The monoisotopic (exact) mass is 314 g/mol. The molecule has 0 saturated carbocycles. The summed E-state index contributed by atoms with van der Waals surface area (Å²) in [7, 11) is 1.61. The van der Waals surface area contributed by atoms with Crippen molar-refractivity contribution in [2.24, 2.45) is 0 Å². The molecule has 1 aliphatic rings. The molecule has 0 aromatic carbocycles. The van der Waals surface area contributed by atoms with Crippen LogP contribution in [0.3, 0.4) is 0 Å². The second-order valence-electron chi connectivity index (χ2n) is 4.93. The third kappa shape index (κ3) is 7.02. The van der Waals surface area contributed by atoms with Gasteiger partial charge in [0.2, 0.25) is 11.8 Å². The van der Waals surface area contributed by atoms with Gasteiger partial charge in [-0.25, -0.2) is 0 Å². The summed E-state index contributed by atoms with van der Waals surface area (Å²) in [5.74, 6) is -0.344. The van der Waals surface area contributed by atoms with Crippen LogP contribution >= 0.6 is 0 Å². The van der Waals surface area contributed by atoms with Gasteiger partial charge in [0.1, 0.15) is 6.10 Å². The van der Waals surface area contributed by atoms with Crippen molar-refractivity contribution in [2.75, 3.05) is 20.2 Å². The van der Waals surface area contributed by atoms with Gasteiger partial charge in [-0.05, 0) is 19.3 Å². The van der Waals surface area contributed by atoms with Crippen molar-refractivity contribution in [3.63, 3.8) is 0 Å². The molecular weight excluding hydrogens is 284 g/mol. The Morgan fingerprint density at radius 3 is 2.55 bits per heavy atom. The van der Waals surface area contributed by atoms with E-state index in [1.54, 1.807) is 7.05 Å². The van der Waals surface area contributed by atoms with E-state index >= 15 is 0 Å². The number of nitrogens with zero attached hydrogens (tertiary/aromatic N) is 1. The molecule has 1 N–H and O–H groups in total. The molecule has 1 aliphatic heterocycles. The topological polar surface area (TPSA) is 75.7 Å². The first-order chi connectivity index (χ1) is 10.6. The molecule has 0 radical (unpaired) electrons. The highest BCUT2D eigenvalue weighted by atomic mass is 16.5. The lowest BCUT2D eigenvalue weighted by Crippen LogP contribution is -2.33. The van der Waals surface area contributed by atoms with E-state index in [0.29, 0.717) is 19.6 Å². The number of likely N-dealkylation sites (tertiary alicyclic amines) is 1. The number of rotatable bonds is 9. The molecule has 0 aromatic rings. The summed E-state index contributed by atoms with van der Waals surface area (Å²) < 4.78 is 5.37. The maximum absolute atomic E-state index is 12.0. The molecule has 1 heterocycles. The number of hydrogen-bond donors (Lipinski definition) is 1. The maximum Gasteiger partial charge on any atom is 0.258 e. The summed E-state index contributed by atoms with van der Waals surface area (Å²) in [6, 6.07) is 0. The van der Waals surface area contributed by atoms with Crippen LogP contribution < -0.4 is 5.32 Å². The molecule has 0 aromatic heterocycles. The van der Waals surface area contributed by atoms with E-state index in [9.17, 15) is 14.4 Å². The van der Waals surface area contributed by atoms with Crippen molar-refractivity contribution >= 4 is 17.7 Å². The molecule has 0 spiro atoms. The molecule has 1 unspecified atom stereocenters. The molecule has 1 rings (SSSR count). The number of hydrogen-bond acceptors (Lipinski definition) is 4. The molecular formula is C16H30N2O4. The second kappa shape index (κ2) is 12.1. The highest BCUT2D eigenvalue weighted by Gasteiger charge is 2.38. The summed E-state index contributed by atoms with van der Waals surface area (Å²) in [6.07, 6.45) is 3.22. The van der Waals surface area contributed by atoms with Gasteiger partial charge in [0.25, 0.3) is 5.91 Å². The van der Waals surface area contributed by atoms with Crippen molar-refractivity contribution in [3.8, 4) is 0 Å². The lowest BCUT2D eigenvalue weighted by Gasteiger charge is -2.14. The molecule has 0 aliphatic carbocycles. The number of imide groups is 1. The van der Waals surface area contributed by atoms with Crippen LogP contribution in [0, 0.1) is 0 Å². The van der Waals surface area contributed by atoms with Crippen molar-refractivity contribution in [3.05, 3.63) is 0 Å². The van der Waals surface area contributed by atoms with E-state index in [2.05, 4.69) is 5.32 Å². The van der Waals surface area contributed by atoms with Crippen LogP contribution in [0.25, 0.3) is 0 Å². The standard InChI is InChI=1S/C14H24N2O4.C2H6/c1-3-9-20-11-10-13(18)16(14(11)19)8-6-4-5-7-12(17)15-2;1-2/h11H,3-10H2,1-2H3,(H,15,17);1-2H3. The normalized spacial score (nSPS) is 17.3. The fraction of sp³-hybridized carbons (Fsp3) is 0.812. The van der Waals surface area contributed by atoms with E-state index in [-0.39, 0.29) is 24.1 Å². The van der Waals surface area contributed by atoms with E-state index in [1.807, 2.05) is 20.8 Å². The van der Waals surface area contributed by atoms with Crippen molar-refractivity contribution in [2.45, 2.75) is 65.4 Å². The van der Waals surface area contributed by atoms with Crippen LogP contribution in [0.5, 0.6) is 0 Å². The summed E-state index contributed by atoms with van der Waals surface area (Å²) in [4.78, 5) is 36.0. The van der Waals surface area contributed by atoms with Crippen LogP contribution in [-0.4, -0.2) is 48.9 Å². The third-order valence-electron chi connectivity index (χ3n) is 3.29. The Balaban J connectivity index is 0.00000211. The van der Waals surface area contributed by atoms with Gasteiger partial charge >= 0.3 is 0 Å². The third-order valence-corrected chi connectivity index (χ3v) is 3.29. The van der Waals surface area contributed by atoms with Gasteiger partial charge in [0.05, 0.1) is 6.42 Å². The number of nitrogens with one attached hydrogen (secondary N) is 1. The largest absolute Gasteiger partial charge is 0.368 e.